The third kappa shape index (κ3) is 4.83. The van der Waals surface area contributed by atoms with Crippen LogP contribution in [-0.4, -0.2) is 31.7 Å². The maximum absolute atomic E-state index is 12.1. The highest BCUT2D eigenvalue weighted by Gasteiger charge is 2.20. The van der Waals surface area contributed by atoms with Gasteiger partial charge in [0, 0.05) is 24.9 Å². The van der Waals surface area contributed by atoms with Gasteiger partial charge in [-0.15, -0.1) is 0 Å². The minimum absolute atomic E-state index is 0.0163. The summed E-state index contributed by atoms with van der Waals surface area (Å²) in [5.41, 5.74) is 3.14. The molecule has 4 nitrogen and oxygen atoms in total. The number of carbonyl (C=O) groups is 1. The van der Waals surface area contributed by atoms with Crippen molar-refractivity contribution in [2.45, 2.75) is 39.7 Å². The molecule has 1 aromatic carbocycles. The zero-order valence-corrected chi connectivity index (χ0v) is 13.2. The van der Waals surface area contributed by atoms with Gasteiger partial charge in [0.25, 0.3) is 0 Å². The Bertz CT molecular complexity index is 482. The van der Waals surface area contributed by atoms with Gasteiger partial charge in [0.05, 0.1) is 6.54 Å². The Hall–Kier alpha value is -1.39. The van der Waals surface area contributed by atoms with Gasteiger partial charge in [-0.25, -0.2) is 0 Å². The number of hydrogen-bond donors (Lipinski definition) is 2. The number of anilines is 1. The molecule has 0 aliphatic carbocycles. The van der Waals surface area contributed by atoms with Crippen molar-refractivity contribution in [3.63, 3.8) is 0 Å². The molecule has 116 valence electrons. The molecule has 0 unspecified atom stereocenters. The van der Waals surface area contributed by atoms with Gasteiger partial charge in [0.1, 0.15) is 0 Å². The van der Waals surface area contributed by atoms with Crippen LogP contribution in [0.1, 0.15) is 30.9 Å². The van der Waals surface area contributed by atoms with E-state index in [0.717, 1.165) is 42.9 Å². The standard InChI is InChI=1S/C17H26N2O2/c1-12-4-5-13(2)16(10-12)19-17(20)11-18-14(3)15-6-8-21-9-7-15/h4-5,10,14-15,18H,6-9,11H2,1-3H3,(H,19,20)/t14-/m0/s1. The molecule has 4 heteroatoms. The van der Waals surface area contributed by atoms with Crippen LogP contribution in [0.15, 0.2) is 18.2 Å². The number of amides is 1. The summed E-state index contributed by atoms with van der Waals surface area (Å²) in [7, 11) is 0. The van der Waals surface area contributed by atoms with Gasteiger partial charge in [0.2, 0.25) is 5.91 Å². The van der Waals surface area contributed by atoms with Gasteiger partial charge in [-0.05, 0) is 56.7 Å². The highest BCUT2D eigenvalue weighted by atomic mass is 16.5. The minimum atomic E-state index is 0.0163. The molecule has 1 aliphatic heterocycles. The van der Waals surface area contributed by atoms with Crippen molar-refractivity contribution in [3.05, 3.63) is 29.3 Å². The molecule has 1 heterocycles. The molecule has 1 aliphatic rings. The Balaban J connectivity index is 1.80. The number of rotatable bonds is 5. The molecule has 1 saturated heterocycles. The molecule has 21 heavy (non-hydrogen) atoms. The smallest absolute Gasteiger partial charge is 0.238 e. The third-order valence-electron chi connectivity index (χ3n) is 4.22. The first-order valence-corrected chi connectivity index (χ1v) is 7.74. The lowest BCUT2D eigenvalue weighted by atomic mass is 9.93. The van der Waals surface area contributed by atoms with Crippen LogP contribution < -0.4 is 10.6 Å². The first-order chi connectivity index (χ1) is 10.1. The molecule has 1 fully saturated rings. The van der Waals surface area contributed by atoms with Crippen LogP contribution in [0.3, 0.4) is 0 Å². The highest BCUT2D eigenvalue weighted by molar-refractivity contribution is 5.93. The van der Waals surface area contributed by atoms with Gasteiger partial charge >= 0.3 is 0 Å². The van der Waals surface area contributed by atoms with Crippen molar-refractivity contribution >= 4 is 11.6 Å². The van der Waals surface area contributed by atoms with Crippen molar-refractivity contribution < 1.29 is 9.53 Å². The lowest BCUT2D eigenvalue weighted by Crippen LogP contribution is -2.40. The number of ether oxygens (including phenoxy) is 1. The Morgan fingerprint density at radius 2 is 2.05 bits per heavy atom. The molecule has 1 atom stereocenters. The second-order valence-corrected chi connectivity index (χ2v) is 5.99. The maximum atomic E-state index is 12.1. The quantitative estimate of drug-likeness (QED) is 0.876. The Kier molecular flexibility index (Phi) is 5.76. The lowest BCUT2D eigenvalue weighted by molar-refractivity contribution is -0.115. The summed E-state index contributed by atoms with van der Waals surface area (Å²) in [4.78, 5) is 12.1. The van der Waals surface area contributed by atoms with Crippen LogP contribution in [0.5, 0.6) is 0 Å². The van der Waals surface area contributed by atoms with Crippen molar-refractivity contribution in [3.8, 4) is 0 Å². The molecule has 0 aromatic heterocycles. The van der Waals surface area contributed by atoms with Gasteiger partial charge < -0.3 is 15.4 Å². The predicted molar refractivity (Wildman–Crippen MR) is 85.6 cm³/mol. The Morgan fingerprint density at radius 3 is 2.76 bits per heavy atom. The zero-order chi connectivity index (χ0) is 15.2. The molecule has 0 radical (unpaired) electrons. The Labute approximate surface area is 127 Å². The lowest BCUT2D eigenvalue weighted by Gasteiger charge is -2.28. The van der Waals surface area contributed by atoms with E-state index in [1.54, 1.807) is 0 Å². The summed E-state index contributed by atoms with van der Waals surface area (Å²) in [6.07, 6.45) is 2.15. The first-order valence-electron chi connectivity index (χ1n) is 7.74. The summed E-state index contributed by atoms with van der Waals surface area (Å²) in [6, 6.07) is 6.44. The molecule has 0 saturated carbocycles. The molecule has 0 bridgehead atoms. The van der Waals surface area contributed by atoms with E-state index in [1.807, 2.05) is 26.0 Å². The zero-order valence-electron chi connectivity index (χ0n) is 13.2. The summed E-state index contributed by atoms with van der Waals surface area (Å²) >= 11 is 0. The van der Waals surface area contributed by atoms with E-state index in [2.05, 4.69) is 23.6 Å². The number of hydrogen-bond acceptors (Lipinski definition) is 3. The largest absolute Gasteiger partial charge is 0.381 e. The summed E-state index contributed by atoms with van der Waals surface area (Å²) in [5, 5.41) is 6.32. The summed E-state index contributed by atoms with van der Waals surface area (Å²) in [5.74, 6) is 0.620. The maximum Gasteiger partial charge on any atom is 0.238 e. The number of aryl methyl sites for hydroxylation is 2. The van der Waals surface area contributed by atoms with E-state index in [-0.39, 0.29) is 5.91 Å². The number of nitrogens with one attached hydrogen (secondary N) is 2. The predicted octanol–water partition coefficient (Wildman–Crippen LogP) is 2.65. The monoisotopic (exact) mass is 290 g/mol. The van der Waals surface area contributed by atoms with Crippen LogP contribution in [-0.2, 0) is 9.53 Å². The molecule has 2 N–H and O–H groups in total. The SMILES string of the molecule is Cc1ccc(C)c(NC(=O)CN[C@@H](C)C2CCOCC2)c1. The van der Waals surface area contributed by atoms with Gasteiger partial charge in [0.15, 0.2) is 0 Å². The average Bonchev–Trinajstić information content (AvgIpc) is 2.49. The van der Waals surface area contributed by atoms with E-state index in [9.17, 15) is 4.79 Å². The van der Waals surface area contributed by atoms with Crippen LogP contribution in [0, 0.1) is 19.8 Å². The normalized spacial score (nSPS) is 17.5. The van der Waals surface area contributed by atoms with Crippen molar-refractivity contribution in [2.75, 3.05) is 25.1 Å². The molecular formula is C17H26N2O2. The number of carbonyl (C=O) groups excluding carboxylic acids is 1. The van der Waals surface area contributed by atoms with Crippen molar-refractivity contribution in [1.82, 2.24) is 5.32 Å². The molecule has 1 aromatic rings. The fraction of sp³-hybridized carbons (Fsp3) is 0.588. The van der Waals surface area contributed by atoms with E-state index in [0.29, 0.717) is 18.5 Å². The van der Waals surface area contributed by atoms with Crippen LogP contribution in [0.4, 0.5) is 5.69 Å². The van der Waals surface area contributed by atoms with E-state index >= 15 is 0 Å². The fourth-order valence-electron chi connectivity index (χ4n) is 2.70. The van der Waals surface area contributed by atoms with E-state index < -0.39 is 0 Å². The van der Waals surface area contributed by atoms with Crippen molar-refractivity contribution in [1.29, 1.82) is 0 Å². The van der Waals surface area contributed by atoms with Crippen LogP contribution in [0.25, 0.3) is 0 Å². The fourth-order valence-corrected chi connectivity index (χ4v) is 2.70. The average molecular weight is 290 g/mol. The molecule has 2 rings (SSSR count). The third-order valence-corrected chi connectivity index (χ3v) is 4.22. The van der Waals surface area contributed by atoms with E-state index in [4.69, 9.17) is 4.74 Å². The minimum Gasteiger partial charge on any atom is -0.381 e. The van der Waals surface area contributed by atoms with Gasteiger partial charge in [-0.3, -0.25) is 4.79 Å². The second-order valence-electron chi connectivity index (χ2n) is 5.99. The number of benzene rings is 1. The molecule has 1 amide bonds. The Morgan fingerprint density at radius 1 is 1.33 bits per heavy atom. The van der Waals surface area contributed by atoms with Gasteiger partial charge in [-0.1, -0.05) is 12.1 Å². The topological polar surface area (TPSA) is 50.4 Å². The van der Waals surface area contributed by atoms with Crippen LogP contribution in [0.2, 0.25) is 0 Å². The van der Waals surface area contributed by atoms with Crippen molar-refractivity contribution in [2.24, 2.45) is 5.92 Å². The highest BCUT2D eigenvalue weighted by Crippen LogP contribution is 2.19. The van der Waals surface area contributed by atoms with E-state index in [1.165, 1.54) is 0 Å². The first kappa shape index (κ1) is 16.0. The summed E-state index contributed by atoms with van der Waals surface area (Å²) < 4.78 is 5.37. The molecule has 0 spiro atoms. The van der Waals surface area contributed by atoms with Crippen LogP contribution >= 0.6 is 0 Å². The van der Waals surface area contributed by atoms with Gasteiger partial charge in [-0.2, -0.15) is 0 Å². The second kappa shape index (κ2) is 7.57. The molecular weight excluding hydrogens is 264 g/mol. The summed E-state index contributed by atoms with van der Waals surface area (Å²) in [6.45, 7) is 8.22.